The summed E-state index contributed by atoms with van der Waals surface area (Å²) < 4.78 is 7.78. The highest BCUT2D eigenvalue weighted by Crippen LogP contribution is 2.30. The van der Waals surface area contributed by atoms with E-state index < -0.39 is 0 Å². The average Bonchev–Trinajstić information content (AvgIpc) is 3.03. The number of carbonyl (C=O) groups is 1. The molecule has 6 nitrogen and oxygen atoms in total. The molecule has 0 unspecified atom stereocenters. The van der Waals surface area contributed by atoms with Gasteiger partial charge >= 0.3 is 0 Å². The largest absolute Gasteiger partial charge is 0.370 e. The van der Waals surface area contributed by atoms with Gasteiger partial charge in [0.1, 0.15) is 0 Å². The van der Waals surface area contributed by atoms with Crippen LogP contribution in [0.4, 0.5) is 0 Å². The maximum atomic E-state index is 12.6. The molecular formula is C16H17ClN4O2. The topological polar surface area (TPSA) is 60.3 Å². The zero-order chi connectivity index (χ0) is 15.8. The average molecular weight is 333 g/mol. The maximum Gasteiger partial charge on any atom is 0.227 e. The first-order valence-corrected chi connectivity index (χ1v) is 8.11. The van der Waals surface area contributed by atoms with E-state index >= 15 is 0 Å². The number of ether oxygens (including phenoxy) is 1. The summed E-state index contributed by atoms with van der Waals surface area (Å²) >= 11 is 5.99. The van der Waals surface area contributed by atoms with Gasteiger partial charge in [-0.3, -0.25) is 4.79 Å². The zero-order valence-electron chi connectivity index (χ0n) is 12.6. The van der Waals surface area contributed by atoms with Crippen LogP contribution in [0.1, 0.15) is 23.7 Å². The van der Waals surface area contributed by atoms with Crippen LogP contribution in [0, 0.1) is 0 Å². The molecule has 0 N–H and O–H groups in total. The lowest BCUT2D eigenvalue weighted by molar-refractivity contribution is -0.137. The smallest absolute Gasteiger partial charge is 0.227 e. The van der Waals surface area contributed by atoms with E-state index in [1.165, 1.54) is 0 Å². The molecular weight excluding hydrogens is 316 g/mol. The monoisotopic (exact) mass is 332 g/mol. The quantitative estimate of drug-likeness (QED) is 0.842. The molecule has 2 aliphatic rings. The number of carbonyl (C=O) groups excluding carboxylic acids is 1. The molecule has 2 aromatic rings. The minimum Gasteiger partial charge on any atom is -0.370 e. The van der Waals surface area contributed by atoms with Crippen molar-refractivity contribution in [3.05, 3.63) is 46.7 Å². The predicted octanol–water partition coefficient (Wildman–Crippen LogP) is 1.85. The molecule has 1 aromatic heterocycles. The Morgan fingerprint density at radius 2 is 2.35 bits per heavy atom. The third-order valence-corrected chi connectivity index (χ3v) is 4.76. The highest BCUT2D eigenvalue weighted by atomic mass is 35.5. The molecule has 1 fully saturated rings. The molecule has 1 amide bonds. The molecule has 0 saturated carbocycles. The Bertz CT molecular complexity index is 732. The number of benzene rings is 1. The van der Waals surface area contributed by atoms with E-state index in [1.807, 2.05) is 33.8 Å². The van der Waals surface area contributed by atoms with Gasteiger partial charge in [0.25, 0.3) is 0 Å². The second-order valence-corrected chi connectivity index (χ2v) is 6.46. The first kappa shape index (κ1) is 14.7. The van der Waals surface area contributed by atoms with Gasteiger partial charge < -0.3 is 9.64 Å². The van der Waals surface area contributed by atoms with Crippen molar-refractivity contribution >= 4 is 17.5 Å². The fourth-order valence-electron chi connectivity index (χ4n) is 3.34. The Hall–Kier alpha value is -1.92. The number of fused-ring (bicyclic) bond motifs is 3. The summed E-state index contributed by atoms with van der Waals surface area (Å²) in [6, 6.07) is 7.50. The number of likely N-dealkylation sites (tertiary alicyclic amines) is 1. The summed E-state index contributed by atoms with van der Waals surface area (Å²) in [7, 11) is 0. The van der Waals surface area contributed by atoms with Crippen molar-refractivity contribution < 1.29 is 9.53 Å². The molecule has 0 bridgehead atoms. The van der Waals surface area contributed by atoms with E-state index in [9.17, 15) is 4.79 Å². The molecule has 0 radical (unpaired) electrons. The van der Waals surface area contributed by atoms with Gasteiger partial charge in [-0.15, -0.1) is 5.10 Å². The van der Waals surface area contributed by atoms with Gasteiger partial charge in [0.2, 0.25) is 5.91 Å². The molecule has 23 heavy (non-hydrogen) atoms. The second kappa shape index (κ2) is 5.94. The van der Waals surface area contributed by atoms with Crippen LogP contribution in [0.2, 0.25) is 5.02 Å². The normalized spacial score (nSPS) is 23.3. The van der Waals surface area contributed by atoms with Crippen molar-refractivity contribution in [2.75, 3.05) is 13.1 Å². The first-order chi connectivity index (χ1) is 11.2. The Balaban J connectivity index is 1.48. The molecule has 1 saturated heterocycles. The predicted molar refractivity (Wildman–Crippen MR) is 84.0 cm³/mol. The third-order valence-electron chi connectivity index (χ3n) is 4.53. The highest BCUT2D eigenvalue weighted by molar-refractivity contribution is 6.30. The van der Waals surface area contributed by atoms with Crippen LogP contribution in [0.15, 0.2) is 30.5 Å². The van der Waals surface area contributed by atoms with Crippen molar-refractivity contribution in [3.63, 3.8) is 0 Å². The molecule has 4 rings (SSSR count). The van der Waals surface area contributed by atoms with Gasteiger partial charge in [-0.25, -0.2) is 4.68 Å². The van der Waals surface area contributed by atoms with Crippen LogP contribution >= 0.6 is 11.6 Å². The second-order valence-electron chi connectivity index (χ2n) is 6.02. The Morgan fingerprint density at radius 3 is 3.22 bits per heavy atom. The van der Waals surface area contributed by atoms with E-state index in [2.05, 4.69) is 10.3 Å². The molecule has 0 spiro atoms. The summed E-state index contributed by atoms with van der Waals surface area (Å²) in [5, 5.41) is 8.77. The number of amides is 1. The lowest BCUT2D eigenvalue weighted by atomic mass is 9.99. The van der Waals surface area contributed by atoms with Gasteiger partial charge in [-0.2, -0.15) is 0 Å². The van der Waals surface area contributed by atoms with Crippen LogP contribution in [0.25, 0.3) is 0 Å². The molecule has 7 heteroatoms. The lowest BCUT2D eigenvalue weighted by Gasteiger charge is -2.41. The van der Waals surface area contributed by atoms with Gasteiger partial charge in [-0.1, -0.05) is 28.9 Å². The molecule has 3 heterocycles. The van der Waals surface area contributed by atoms with E-state index in [1.54, 1.807) is 6.20 Å². The van der Waals surface area contributed by atoms with Crippen molar-refractivity contribution in [1.29, 1.82) is 0 Å². The third kappa shape index (κ3) is 2.84. The number of rotatable bonds is 2. The number of piperidine rings is 1. The minimum atomic E-state index is 0.0540. The fraction of sp³-hybridized carbons (Fsp3) is 0.438. The Labute approximate surface area is 139 Å². The van der Waals surface area contributed by atoms with Gasteiger partial charge in [-0.05, 0) is 24.1 Å². The zero-order valence-corrected chi connectivity index (χ0v) is 13.3. The van der Waals surface area contributed by atoms with Crippen LogP contribution in [-0.4, -0.2) is 45.0 Å². The van der Waals surface area contributed by atoms with Gasteiger partial charge in [0.15, 0.2) is 0 Å². The maximum absolute atomic E-state index is 12.6. The van der Waals surface area contributed by atoms with Crippen molar-refractivity contribution in [2.24, 2.45) is 0 Å². The summed E-state index contributed by atoms with van der Waals surface area (Å²) in [5.41, 5.74) is 1.90. The fourth-order valence-corrected chi connectivity index (χ4v) is 3.55. The molecule has 120 valence electrons. The van der Waals surface area contributed by atoms with Crippen molar-refractivity contribution in [1.82, 2.24) is 19.9 Å². The highest BCUT2D eigenvalue weighted by Gasteiger charge is 2.37. The number of nitrogens with zero attached hydrogens (tertiary/aromatic N) is 4. The van der Waals surface area contributed by atoms with Crippen LogP contribution in [0.3, 0.4) is 0 Å². The standard InChI is InChI=1S/C16H17ClN4O2/c17-12-3-1-2-11(6-12)7-16(22)20-5-4-15-14(9-20)21-13(10-23-15)8-18-19-21/h1-3,6,8,14-15H,4-5,7,9-10H2/t14-,15+/m0/s1. The van der Waals surface area contributed by atoms with Crippen molar-refractivity contribution in [3.8, 4) is 0 Å². The molecule has 1 aromatic carbocycles. The van der Waals surface area contributed by atoms with E-state index in [-0.39, 0.29) is 18.1 Å². The number of halogens is 1. The minimum absolute atomic E-state index is 0.0540. The van der Waals surface area contributed by atoms with Crippen LogP contribution in [-0.2, 0) is 22.6 Å². The Kier molecular flexibility index (Phi) is 3.79. The van der Waals surface area contributed by atoms with E-state index in [0.717, 1.165) is 17.7 Å². The van der Waals surface area contributed by atoms with E-state index in [0.29, 0.717) is 31.1 Å². The first-order valence-electron chi connectivity index (χ1n) is 7.73. The SMILES string of the molecule is O=C(Cc1cccc(Cl)c1)N1CC[C@H]2OCc3cnnn3[C@H]2C1. The summed E-state index contributed by atoms with van der Waals surface area (Å²) in [6.07, 6.45) is 3.02. The Morgan fingerprint density at radius 1 is 1.43 bits per heavy atom. The molecule has 0 aliphatic carbocycles. The van der Waals surface area contributed by atoms with Crippen LogP contribution in [0.5, 0.6) is 0 Å². The summed E-state index contributed by atoms with van der Waals surface area (Å²) in [5.74, 6) is 0.109. The molecule has 2 atom stereocenters. The number of aromatic nitrogens is 3. The number of hydrogen-bond donors (Lipinski definition) is 0. The van der Waals surface area contributed by atoms with Gasteiger partial charge in [0.05, 0.1) is 37.1 Å². The van der Waals surface area contributed by atoms with E-state index in [4.69, 9.17) is 16.3 Å². The number of hydrogen-bond acceptors (Lipinski definition) is 4. The summed E-state index contributed by atoms with van der Waals surface area (Å²) in [6.45, 7) is 1.87. The van der Waals surface area contributed by atoms with Gasteiger partial charge in [0, 0.05) is 18.1 Å². The van der Waals surface area contributed by atoms with Crippen molar-refractivity contribution in [2.45, 2.75) is 31.6 Å². The van der Waals surface area contributed by atoms with Crippen LogP contribution < -0.4 is 0 Å². The molecule has 2 aliphatic heterocycles. The lowest BCUT2D eigenvalue weighted by Crippen LogP contribution is -2.50. The summed E-state index contributed by atoms with van der Waals surface area (Å²) in [4.78, 5) is 14.5.